The van der Waals surface area contributed by atoms with E-state index in [9.17, 15) is 0 Å². The summed E-state index contributed by atoms with van der Waals surface area (Å²) in [6.07, 6.45) is 4.75. The summed E-state index contributed by atoms with van der Waals surface area (Å²) in [5, 5.41) is 0. The van der Waals surface area contributed by atoms with Gasteiger partial charge in [0.15, 0.2) is 0 Å². The molecule has 0 amide bonds. The molecule has 0 aliphatic carbocycles. The van der Waals surface area contributed by atoms with Crippen LogP contribution in [0.2, 0.25) is 0 Å². The minimum atomic E-state index is 0.521. The molecule has 0 saturated heterocycles. The summed E-state index contributed by atoms with van der Waals surface area (Å²) in [6, 6.07) is 3.72. The van der Waals surface area contributed by atoms with E-state index in [1.54, 1.807) is 4.57 Å². The van der Waals surface area contributed by atoms with E-state index < -0.39 is 0 Å². The van der Waals surface area contributed by atoms with Crippen LogP contribution in [-0.2, 0) is 6.67 Å². The maximum atomic E-state index is 5.23. The molecule has 2 heteroatoms. The standard InChI is InChI=1S/C5H7N2/c6-5-7-3-1-2-4-7/h1-3H,5-6H2. The summed E-state index contributed by atoms with van der Waals surface area (Å²) >= 11 is 0. The van der Waals surface area contributed by atoms with Gasteiger partial charge in [0.1, 0.15) is 0 Å². The fourth-order valence-electron chi connectivity index (χ4n) is 0.442. The minimum absolute atomic E-state index is 0.521. The first kappa shape index (κ1) is 4.40. The first-order chi connectivity index (χ1) is 3.43. The second kappa shape index (κ2) is 1.80. The van der Waals surface area contributed by atoms with Crippen LogP contribution in [0.1, 0.15) is 0 Å². The van der Waals surface area contributed by atoms with Crippen LogP contribution < -0.4 is 5.73 Å². The summed E-state index contributed by atoms with van der Waals surface area (Å²) in [7, 11) is 0. The van der Waals surface area contributed by atoms with Crippen molar-refractivity contribution in [1.29, 1.82) is 0 Å². The molecule has 0 saturated carbocycles. The Morgan fingerprint density at radius 3 is 2.86 bits per heavy atom. The SMILES string of the molecule is NCn1[c]ccc1. The molecule has 37 valence electrons. The van der Waals surface area contributed by atoms with Crippen LogP contribution in [0.15, 0.2) is 18.3 Å². The van der Waals surface area contributed by atoms with Gasteiger partial charge < -0.3 is 10.3 Å². The van der Waals surface area contributed by atoms with Gasteiger partial charge >= 0.3 is 0 Å². The first-order valence-corrected chi connectivity index (χ1v) is 2.16. The molecule has 0 spiro atoms. The van der Waals surface area contributed by atoms with Crippen LogP contribution in [0.3, 0.4) is 0 Å². The molecule has 0 unspecified atom stereocenters. The van der Waals surface area contributed by atoms with Crippen molar-refractivity contribution in [2.75, 3.05) is 0 Å². The predicted octanol–water partition coefficient (Wildman–Crippen LogP) is 0.204. The smallest absolute Gasteiger partial charge is 0.0701 e. The van der Waals surface area contributed by atoms with Gasteiger partial charge in [0.05, 0.1) is 12.9 Å². The zero-order valence-electron chi connectivity index (χ0n) is 3.96. The van der Waals surface area contributed by atoms with Crippen LogP contribution in [0.4, 0.5) is 0 Å². The van der Waals surface area contributed by atoms with Gasteiger partial charge in [-0.3, -0.25) is 0 Å². The molecule has 7 heavy (non-hydrogen) atoms. The van der Waals surface area contributed by atoms with E-state index in [2.05, 4.69) is 6.20 Å². The largest absolute Gasteiger partial charge is 0.333 e. The minimum Gasteiger partial charge on any atom is -0.333 e. The summed E-state index contributed by atoms with van der Waals surface area (Å²) in [4.78, 5) is 0. The molecule has 2 N–H and O–H groups in total. The lowest BCUT2D eigenvalue weighted by atomic mass is 10.7. The van der Waals surface area contributed by atoms with Gasteiger partial charge in [-0.05, 0) is 12.1 Å². The molecule has 1 rings (SSSR count). The molecule has 0 aliphatic heterocycles. The molecule has 1 radical (unpaired) electrons. The van der Waals surface area contributed by atoms with Crippen molar-refractivity contribution in [3.63, 3.8) is 0 Å². The van der Waals surface area contributed by atoms with Crippen LogP contribution in [0, 0.1) is 6.20 Å². The highest BCUT2D eigenvalue weighted by Crippen LogP contribution is 1.82. The molecular formula is C5H7N2. The number of nitrogens with zero attached hydrogens (tertiary/aromatic N) is 1. The Bertz CT molecular complexity index is 121. The van der Waals surface area contributed by atoms with E-state index in [4.69, 9.17) is 5.73 Å². The van der Waals surface area contributed by atoms with Gasteiger partial charge in [0.25, 0.3) is 0 Å². The molecule has 0 aliphatic rings. The lowest BCUT2D eigenvalue weighted by molar-refractivity contribution is 0.733. The third-order valence-corrected chi connectivity index (χ3v) is 0.799. The van der Waals surface area contributed by atoms with E-state index in [0.29, 0.717) is 6.67 Å². The molecule has 1 aromatic heterocycles. The van der Waals surface area contributed by atoms with E-state index in [1.165, 1.54) is 0 Å². The van der Waals surface area contributed by atoms with Gasteiger partial charge in [-0.2, -0.15) is 0 Å². The van der Waals surface area contributed by atoms with Crippen molar-refractivity contribution < 1.29 is 0 Å². The highest BCUT2D eigenvalue weighted by atomic mass is 15.0. The van der Waals surface area contributed by atoms with Gasteiger partial charge in [0, 0.05) is 6.20 Å². The topological polar surface area (TPSA) is 30.9 Å². The second-order valence-corrected chi connectivity index (χ2v) is 1.29. The van der Waals surface area contributed by atoms with E-state index in [0.717, 1.165) is 0 Å². The summed E-state index contributed by atoms with van der Waals surface area (Å²) in [5.74, 6) is 0. The second-order valence-electron chi connectivity index (χ2n) is 1.29. The Kier molecular flexibility index (Phi) is 1.13. The number of aromatic nitrogens is 1. The molecule has 1 aromatic rings. The van der Waals surface area contributed by atoms with Crippen LogP contribution in [-0.4, -0.2) is 4.57 Å². The summed E-state index contributed by atoms with van der Waals surface area (Å²) < 4.78 is 1.78. The Morgan fingerprint density at radius 2 is 2.57 bits per heavy atom. The highest BCUT2D eigenvalue weighted by molar-refractivity contribution is 4.87. The molecule has 0 aromatic carbocycles. The average Bonchev–Trinajstić information content (AvgIpc) is 2.14. The average molecular weight is 95.1 g/mol. The molecule has 1 heterocycles. The van der Waals surface area contributed by atoms with Crippen molar-refractivity contribution >= 4 is 0 Å². The Balaban J connectivity index is 2.76. The quantitative estimate of drug-likeness (QED) is 0.531. The third kappa shape index (κ3) is 0.810. The molecule has 2 nitrogen and oxygen atoms in total. The first-order valence-electron chi connectivity index (χ1n) is 2.16. The Labute approximate surface area is 42.6 Å². The Morgan fingerprint density at radius 1 is 1.71 bits per heavy atom. The molecule has 0 fully saturated rings. The summed E-state index contributed by atoms with van der Waals surface area (Å²) in [5.41, 5.74) is 5.23. The lowest BCUT2D eigenvalue weighted by Crippen LogP contribution is -2.03. The zero-order valence-corrected chi connectivity index (χ0v) is 3.96. The fraction of sp³-hybridized carbons (Fsp3) is 0.200. The molecular weight excluding hydrogens is 88.1 g/mol. The Hall–Kier alpha value is -0.760. The number of nitrogens with two attached hydrogens (primary N) is 1. The van der Waals surface area contributed by atoms with Gasteiger partial charge in [-0.1, -0.05) is 0 Å². The number of hydrogen-bond acceptors (Lipinski definition) is 1. The highest BCUT2D eigenvalue weighted by Gasteiger charge is 1.77. The van der Waals surface area contributed by atoms with Crippen molar-refractivity contribution in [2.45, 2.75) is 6.67 Å². The van der Waals surface area contributed by atoms with Crippen molar-refractivity contribution in [3.8, 4) is 0 Å². The van der Waals surface area contributed by atoms with Crippen molar-refractivity contribution in [1.82, 2.24) is 4.57 Å². The normalized spacial score (nSPS) is 9.29. The molecule has 0 atom stereocenters. The van der Waals surface area contributed by atoms with E-state index in [-0.39, 0.29) is 0 Å². The van der Waals surface area contributed by atoms with Crippen molar-refractivity contribution in [3.05, 3.63) is 24.5 Å². The van der Waals surface area contributed by atoms with Gasteiger partial charge in [-0.25, -0.2) is 0 Å². The maximum Gasteiger partial charge on any atom is 0.0701 e. The fourth-order valence-corrected chi connectivity index (χ4v) is 0.442. The zero-order chi connectivity index (χ0) is 5.11. The monoisotopic (exact) mass is 95.1 g/mol. The number of hydrogen-bond donors (Lipinski definition) is 1. The maximum absolute atomic E-state index is 5.23. The summed E-state index contributed by atoms with van der Waals surface area (Å²) in [6.45, 7) is 0.521. The van der Waals surface area contributed by atoms with Gasteiger partial charge in [-0.15, -0.1) is 0 Å². The predicted molar refractivity (Wildman–Crippen MR) is 27.5 cm³/mol. The van der Waals surface area contributed by atoms with Crippen LogP contribution >= 0.6 is 0 Å². The third-order valence-electron chi connectivity index (χ3n) is 0.799. The van der Waals surface area contributed by atoms with E-state index >= 15 is 0 Å². The van der Waals surface area contributed by atoms with Crippen molar-refractivity contribution in [2.24, 2.45) is 5.73 Å². The van der Waals surface area contributed by atoms with E-state index in [1.807, 2.05) is 18.3 Å². The van der Waals surface area contributed by atoms with Crippen LogP contribution in [0.25, 0.3) is 0 Å². The molecule has 0 bridgehead atoms. The lowest BCUT2D eigenvalue weighted by Gasteiger charge is -1.89. The van der Waals surface area contributed by atoms with Gasteiger partial charge in [0.2, 0.25) is 0 Å². The number of rotatable bonds is 1. The van der Waals surface area contributed by atoms with Crippen LogP contribution in [0.5, 0.6) is 0 Å².